The standard InChI is InChI=1S/C17H21N3OS/c1-2-5-14(6-3-1)13-22-17-11-18-10-16(20-17)19-9-15-7-4-8-21-12-15/h1-3,5-6,10-11,15H,4,7-9,12-13H2,(H,19,20). The number of hydrogen-bond donors (Lipinski definition) is 1. The number of hydrogen-bond acceptors (Lipinski definition) is 5. The van der Waals surface area contributed by atoms with Crippen LogP contribution in [0.2, 0.25) is 0 Å². The highest BCUT2D eigenvalue weighted by Crippen LogP contribution is 2.21. The lowest BCUT2D eigenvalue weighted by Crippen LogP contribution is -2.24. The molecule has 1 unspecified atom stereocenters. The van der Waals surface area contributed by atoms with E-state index in [0.717, 1.165) is 42.8 Å². The van der Waals surface area contributed by atoms with E-state index in [0.29, 0.717) is 5.92 Å². The monoisotopic (exact) mass is 315 g/mol. The number of aromatic nitrogens is 2. The molecule has 1 saturated heterocycles. The van der Waals surface area contributed by atoms with Crippen LogP contribution < -0.4 is 5.32 Å². The number of anilines is 1. The summed E-state index contributed by atoms with van der Waals surface area (Å²) >= 11 is 1.71. The van der Waals surface area contributed by atoms with Crippen LogP contribution in [0.1, 0.15) is 18.4 Å². The zero-order chi connectivity index (χ0) is 15.0. The predicted molar refractivity (Wildman–Crippen MR) is 90.1 cm³/mol. The number of nitrogens with one attached hydrogen (secondary N) is 1. The third-order valence-corrected chi connectivity index (χ3v) is 4.64. The van der Waals surface area contributed by atoms with Gasteiger partial charge in [0.05, 0.1) is 19.0 Å². The number of nitrogens with zero attached hydrogens (tertiary/aromatic N) is 2. The summed E-state index contributed by atoms with van der Waals surface area (Å²) in [7, 11) is 0. The summed E-state index contributed by atoms with van der Waals surface area (Å²) in [5.41, 5.74) is 1.30. The summed E-state index contributed by atoms with van der Waals surface area (Å²) in [6.07, 6.45) is 5.99. The molecular formula is C17H21N3OS. The van der Waals surface area contributed by atoms with E-state index in [1.807, 2.05) is 12.3 Å². The molecule has 0 spiro atoms. The van der Waals surface area contributed by atoms with Gasteiger partial charge in [0.15, 0.2) is 0 Å². The van der Waals surface area contributed by atoms with Crippen molar-refractivity contribution in [2.45, 2.75) is 23.6 Å². The molecular weight excluding hydrogens is 294 g/mol. The second kappa shape index (κ2) is 8.15. The highest BCUT2D eigenvalue weighted by atomic mass is 32.2. The fraction of sp³-hybridized carbons (Fsp3) is 0.412. The first-order valence-corrected chi connectivity index (χ1v) is 8.69. The first kappa shape index (κ1) is 15.3. The smallest absolute Gasteiger partial charge is 0.145 e. The van der Waals surface area contributed by atoms with E-state index in [1.165, 1.54) is 12.0 Å². The Hall–Kier alpha value is -1.59. The minimum atomic E-state index is 0.580. The summed E-state index contributed by atoms with van der Waals surface area (Å²) < 4.78 is 5.50. The van der Waals surface area contributed by atoms with Gasteiger partial charge >= 0.3 is 0 Å². The van der Waals surface area contributed by atoms with Crippen LogP contribution in [0.3, 0.4) is 0 Å². The maximum absolute atomic E-state index is 5.50. The molecule has 4 nitrogen and oxygen atoms in total. The normalized spacial score (nSPS) is 18.1. The van der Waals surface area contributed by atoms with Crippen LogP contribution in [-0.4, -0.2) is 29.7 Å². The fourth-order valence-corrected chi connectivity index (χ4v) is 3.26. The van der Waals surface area contributed by atoms with E-state index in [-0.39, 0.29) is 0 Å². The van der Waals surface area contributed by atoms with E-state index >= 15 is 0 Å². The van der Waals surface area contributed by atoms with Gasteiger partial charge in [-0.1, -0.05) is 30.3 Å². The second-order valence-electron chi connectivity index (χ2n) is 5.48. The van der Waals surface area contributed by atoms with Crippen LogP contribution in [0.15, 0.2) is 47.8 Å². The Balaban J connectivity index is 1.51. The van der Waals surface area contributed by atoms with Gasteiger partial charge in [-0.25, -0.2) is 4.98 Å². The summed E-state index contributed by atoms with van der Waals surface area (Å²) in [5.74, 6) is 2.34. The summed E-state index contributed by atoms with van der Waals surface area (Å²) in [4.78, 5) is 8.90. The Morgan fingerprint density at radius 1 is 1.23 bits per heavy atom. The van der Waals surface area contributed by atoms with E-state index < -0.39 is 0 Å². The van der Waals surface area contributed by atoms with Gasteiger partial charge in [0.1, 0.15) is 10.8 Å². The molecule has 1 N–H and O–H groups in total. The van der Waals surface area contributed by atoms with E-state index in [4.69, 9.17) is 4.74 Å². The molecule has 5 heteroatoms. The maximum Gasteiger partial charge on any atom is 0.145 e. The molecule has 1 aromatic heterocycles. The minimum absolute atomic E-state index is 0.580. The highest BCUT2D eigenvalue weighted by Gasteiger charge is 2.13. The van der Waals surface area contributed by atoms with Crippen LogP contribution in [0.5, 0.6) is 0 Å². The van der Waals surface area contributed by atoms with E-state index in [9.17, 15) is 0 Å². The lowest BCUT2D eigenvalue weighted by atomic mass is 10.0. The Morgan fingerprint density at radius 3 is 2.95 bits per heavy atom. The highest BCUT2D eigenvalue weighted by molar-refractivity contribution is 7.98. The lowest BCUT2D eigenvalue weighted by Gasteiger charge is -2.22. The summed E-state index contributed by atoms with van der Waals surface area (Å²) in [5, 5.41) is 4.34. The van der Waals surface area contributed by atoms with Crippen molar-refractivity contribution < 1.29 is 4.74 Å². The van der Waals surface area contributed by atoms with Gasteiger partial charge in [0, 0.05) is 18.9 Å². The van der Waals surface area contributed by atoms with Crippen LogP contribution in [0, 0.1) is 5.92 Å². The molecule has 0 amide bonds. The Kier molecular flexibility index (Phi) is 5.67. The molecule has 1 aliphatic heterocycles. The minimum Gasteiger partial charge on any atom is -0.381 e. The van der Waals surface area contributed by atoms with Crippen molar-refractivity contribution in [3.63, 3.8) is 0 Å². The van der Waals surface area contributed by atoms with Gasteiger partial charge in [-0.2, -0.15) is 0 Å². The molecule has 116 valence electrons. The van der Waals surface area contributed by atoms with Gasteiger partial charge in [0.25, 0.3) is 0 Å². The number of thioether (sulfide) groups is 1. The molecule has 0 saturated carbocycles. The molecule has 0 bridgehead atoms. The summed E-state index contributed by atoms with van der Waals surface area (Å²) in [6.45, 7) is 2.66. The second-order valence-corrected chi connectivity index (χ2v) is 6.48. The molecule has 2 aromatic rings. The third kappa shape index (κ3) is 4.71. The van der Waals surface area contributed by atoms with Crippen molar-refractivity contribution in [2.75, 3.05) is 25.1 Å². The summed E-state index contributed by atoms with van der Waals surface area (Å²) in [6, 6.07) is 10.4. The lowest BCUT2D eigenvalue weighted by molar-refractivity contribution is 0.0594. The molecule has 0 radical (unpaired) electrons. The molecule has 1 aliphatic rings. The zero-order valence-corrected chi connectivity index (χ0v) is 13.4. The van der Waals surface area contributed by atoms with Gasteiger partial charge in [0.2, 0.25) is 0 Å². The molecule has 1 fully saturated rings. The Bertz CT molecular complexity index is 573. The SMILES string of the molecule is c1ccc(CSc2cncc(NCC3CCCOC3)n2)cc1. The number of benzene rings is 1. The van der Waals surface area contributed by atoms with Crippen LogP contribution in [-0.2, 0) is 10.5 Å². The van der Waals surface area contributed by atoms with Gasteiger partial charge in [-0.15, -0.1) is 11.8 Å². The van der Waals surface area contributed by atoms with Crippen molar-refractivity contribution in [3.05, 3.63) is 48.3 Å². The number of rotatable bonds is 6. The number of ether oxygens (including phenoxy) is 1. The van der Waals surface area contributed by atoms with Crippen molar-refractivity contribution in [2.24, 2.45) is 5.92 Å². The van der Waals surface area contributed by atoms with Crippen molar-refractivity contribution in [3.8, 4) is 0 Å². The van der Waals surface area contributed by atoms with Crippen molar-refractivity contribution >= 4 is 17.6 Å². The first-order chi connectivity index (χ1) is 10.9. The maximum atomic E-state index is 5.50. The Labute approximate surface area is 135 Å². The van der Waals surface area contributed by atoms with Crippen molar-refractivity contribution in [1.82, 2.24) is 9.97 Å². The predicted octanol–water partition coefficient (Wildman–Crippen LogP) is 3.61. The van der Waals surface area contributed by atoms with Crippen LogP contribution in [0.25, 0.3) is 0 Å². The third-order valence-electron chi connectivity index (χ3n) is 3.67. The van der Waals surface area contributed by atoms with Gasteiger partial charge < -0.3 is 10.1 Å². The molecule has 3 rings (SSSR count). The molecule has 0 aliphatic carbocycles. The molecule has 1 atom stereocenters. The Morgan fingerprint density at radius 2 is 2.14 bits per heavy atom. The van der Waals surface area contributed by atoms with Crippen molar-refractivity contribution in [1.29, 1.82) is 0 Å². The fourth-order valence-electron chi connectivity index (χ4n) is 2.45. The van der Waals surface area contributed by atoms with Crippen LogP contribution in [0.4, 0.5) is 5.82 Å². The van der Waals surface area contributed by atoms with Gasteiger partial charge in [-0.05, 0) is 24.3 Å². The molecule has 2 heterocycles. The quantitative estimate of drug-likeness (QED) is 0.825. The average molecular weight is 315 g/mol. The van der Waals surface area contributed by atoms with E-state index in [1.54, 1.807) is 18.0 Å². The van der Waals surface area contributed by atoms with Gasteiger partial charge in [-0.3, -0.25) is 4.98 Å². The molecule has 22 heavy (non-hydrogen) atoms. The zero-order valence-electron chi connectivity index (χ0n) is 12.6. The van der Waals surface area contributed by atoms with E-state index in [2.05, 4.69) is 39.6 Å². The first-order valence-electron chi connectivity index (χ1n) is 7.70. The average Bonchev–Trinajstić information content (AvgIpc) is 2.60. The topological polar surface area (TPSA) is 47.0 Å². The largest absolute Gasteiger partial charge is 0.381 e. The van der Waals surface area contributed by atoms with Crippen LogP contribution >= 0.6 is 11.8 Å². The molecule has 1 aromatic carbocycles.